The van der Waals surface area contributed by atoms with Gasteiger partial charge < -0.3 is 4.18 Å². The smallest absolute Gasteiger partial charge is 0.306 e. The highest BCUT2D eigenvalue weighted by atomic mass is 79.9. The lowest BCUT2D eigenvalue weighted by Gasteiger charge is -2.08. The molecule has 2 aromatic carbocycles. The molecule has 0 aromatic heterocycles. The van der Waals surface area contributed by atoms with Crippen LogP contribution in [0.4, 0.5) is 0 Å². The second kappa shape index (κ2) is 5.81. The monoisotopic (exact) mass is 352 g/mol. The van der Waals surface area contributed by atoms with Gasteiger partial charge in [-0.15, -0.1) is 0 Å². The average Bonchev–Trinajstić information content (AvgIpc) is 2.37. The molecule has 0 spiro atoms. The van der Waals surface area contributed by atoms with E-state index in [4.69, 9.17) is 4.18 Å². The van der Waals surface area contributed by atoms with Gasteiger partial charge in [0.15, 0.2) is 0 Å². The lowest BCUT2D eigenvalue weighted by molar-refractivity contribution is 0.493. The summed E-state index contributed by atoms with van der Waals surface area (Å²) in [6, 6.07) is 14.6. The van der Waals surface area contributed by atoms with Gasteiger partial charge in [-0.2, -0.15) is 8.42 Å². The highest BCUT2D eigenvalue weighted by molar-refractivity contribution is 9.10. The maximum absolute atomic E-state index is 11.0. The normalized spacial score (nSPS) is 11.1. The molecule has 0 atom stereocenters. The third-order valence-corrected chi connectivity index (χ3v) is 3.61. The second-order valence-electron chi connectivity index (χ2n) is 4.30. The van der Waals surface area contributed by atoms with Crippen LogP contribution in [0.25, 0.3) is 5.57 Å². The molecular weight excluding hydrogens is 340 g/mol. The van der Waals surface area contributed by atoms with Gasteiger partial charge in [-0.1, -0.05) is 46.8 Å². The van der Waals surface area contributed by atoms with Crippen LogP contribution in [0.3, 0.4) is 0 Å². The fraction of sp³-hybridized carbons (Fsp3) is 0.0667. The summed E-state index contributed by atoms with van der Waals surface area (Å²) in [7, 11) is -3.50. The quantitative estimate of drug-likeness (QED) is 0.785. The van der Waals surface area contributed by atoms with E-state index in [-0.39, 0.29) is 0 Å². The minimum atomic E-state index is -3.50. The number of halogens is 1. The van der Waals surface area contributed by atoms with Crippen LogP contribution < -0.4 is 4.18 Å². The van der Waals surface area contributed by atoms with Gasteiger partial charge >= 0.3 is 10.1 Å². The maximum atomic E-state index is 11.0. The molecule has 20 heavy (non-hydrogen) atoms. The minimum absolute atomic E-state index is 0.290. The molecule has 0 fully saturated rings. The molecule has 2 aromatic rings. The first-order valence-corrected chi connectivity index (χ1v) is 8.41. The molecule has 5 heteroatoms. The molecule has 0 saturated carbocycles. The zero-order chi connectivity index (χ0) is 14.8. The summed E-state index contributed by atoms with van der Waals surface area (Å²) in [5, 5.41) is 0. The van der Waals surface area contributed by atoms with Gasteiger partial charge in [0, 0.05) is 4.47 Å². The first-order chi connectivity index (χ1) is 9.35. The van der Waals surface area contributed by atoms with Gasteiger partial charge in [0.2, 0.25) is 0 Å². The van der Waals surface area contributed by atoms with Crippen LogP contribution in [0.5, 0.6) is 5.75 Å². The van der Waals surface area contributed by atoms with Crippen molar-refractivity contribution in [1.82, 2.24) is 0 Å². The Morgan fingerprint density at radius 1 is 1.10 bits per heavy atom. The van der Waals surface area contributed by atoms with Crippen LogP contribution in [-0.4, -0.2) is 14.7 Å². The van der Waals surface area contributed by atoms with Crippen LogP contribution in [0.15, 0.2) is 59.6 Å². The summed E-state index contributed by atoms with van der Waals surface area (Å²) in [5.74, 6) is 0.290. The standard InChI is InChI=1S/C15H13BrO3S/c1-11(13-4-3-5-14(16)10-13)12-6-8-15(9-7-12)19-20(2,17)18/h3-10H,1H2,2H3. The number of hydrogen-bond donors (Lipinski definition) is 0. The third kappa shape index (κ3) is 3.95. The van der Waals surface area contributed by atoms with E-state index in [2.05, 4.69) is 22.5 Å². The Morgan fingerprint density at radius 3 is 2.30 bits per heavy atom. The predicted molar refractivity (Wildman–Crippen MR) is 84.2 cm³/mol. The van der Waals surface area contributed by atoms with E-state index in [0.717, 1.165) is 27.4 Å². The summed E-state index contributed by atoms with van der Waals surface area (Å²) in [6.45, 7) is 4.06. The lowest BCUT2D eigenvalue weighted by atomic mass is 10.00. The fourth-order valence-electron chi connectivity index (χ4n) is 1.73. The zero-order valence-corrected chi connectivity index (χ0v) is 13.2. The van der Waals surface area contributed by atoms with Gasteiger partial charge in [0.25, 0.3) is 0 Å². The SMILES string of the molecule is C=C(c1ccc(OS(C)(=O)=O)cc1)c1cccc(Br)c1. The number of benzene rings is 2. The van der Waals surface area contributed by atoms with Crippen molar-refractivity contribution in [1.29, 1.82) is 0 Å². The van der Waals surface area contributed by atoms with Crippen molar-refractivity contribution in [3.63, 3.8) is 0 Å². The van der Waals surface area contributed by atoms with E-state index < -0.39 is 10.1 Å². The van der Waals surface area contributed by atoms with E-state index in [1.54, 1.807) is 24.3 Å². The Bertz CT molecular complexity index is 734. The Hall–Kier alpha value is -1.59. The van der Waals surface area contributed by atoms with E-state index in [9.17, 15) is 8.42 Å². The van der Waals surface area contributed by atoms with Gasteiger partial charge in [-0.25, -0.2) is 0 Å². The number of hydrogen-bond acceptors (Lipinski definition) is 3. The molecular formula is C15H13BrO3S. The largest absolute Gasteiger partial charge is 0.383 e. The molecule has 0 aliphatic carbocycles. The van der Waals surface area contributed by atoms with E-state index in [1.165, 1.54) is 0 Å². The predicted octanol–water partition coefficient (Wildman–Crippen LogP) is 3.85. The topological polar surface area (TPSA) is 43.4 Å². The van der Waals surface area contributed by atoms with Crippen LogP contribution in [0.1, 0.15) is 11.1 Å². The molecule has 0 amide bonds. The lowest BCUT2D eigenvalue weighted by Crippen LogP contribution is -2.05. The summed E-state index contributed by atoms with van der Waals surface area (Å²) < 4.78 is 27.8. The van der Waals surface area contributed by atoms with Crippen LogP contribution in [-0.2, 0) is 10.1 Å². The highest BCUT2D eigenvalue weighted by Crippen LogP contribution is 2.25. The molecule has 0 bridgehead atoms. The molecule has 3 nitrogen and oxygen atoms in total. The third-order valence-electron chi connectivity index (χ3n) is 2.62. The van der Waals surface area contributed by atoms with Crippen molar-refractivity contribution in [3.05, 3.63) is 70.7 Å². The summed E-state index contributed by atoms with van der Waals surface area (Å²) in [4.78, 5) is 0. The van der Waals surface area contributed by atoms with Gasteiger partial charge in [-0.05, 0) is 41.0 Å². The van der Waals surface area contributed by atoms with Crippen molar-refractivity contribution >= 4 is 31.6 Å². The molecule has 0 N–H and O–H groups in total. The van der Waals surface area contributed by atoms with Gasteiger partial charge in [0.05, 0.1) is 6.26 Å². The molecule has 0 radical (unpaired) electrons. The van der Waals surface area contributed by atoms with Crippen LogP contribution in [0, 0.1) is 0 Å². The van der Waals surface area contributed by atoms with E-state index in [0.29, 0.717) is 5.75 Å². The average molecular weight is 353 g/mol. The van der Waals surface area contributed by atoms with Crippen LogP contribution in [0.2, 0.25) is 0 Å². The van der Waals surface area contributed by atoms with Crippen molar-refractivity contribution < 1.29 is 12.6 Å². The Balaban J connectivity index is 2.24. The van der Waals surface area contributed by atoms with Gasteiger partial charge in [-0.3, -0.25) is 0 Å². The molecule has 0 saturated heterocycles. The summed E-state index contributed by atoms with van der Waals surface area (Å²) in [5.41, 5.74) is 2.76. The Labute approximate surface area is 127 Å². The fourth-order valence-corrected chi connectivity index (χ4v) is 2.59. The summed E-state index contributed by atoms with van der Waals surface area (Å²) in [6.07, 6.45) is 1.02. The molecule has 2 rings (SSSR count). The molecule has 0 aliphatic heterocycles. The zero-order valence-electron chi connectivity index (χ0n) is 10.8. The maximum Gasteiger partial charge on any atom is 0.306 e. The minimum Gasteiger partial charge on any atom is -0.383 e. The molecule has 0 heterocycles. The van der Waals surface area contributed by atoms with E-state index in [1.807, 2.05) is 24.3 Å². The van der Waals surface area contributed by atoms with Crippen molar-refractivity contribution in [2.75, 3.05) is 6.26 Å². The van der Waals surface area contributed by atoms with Gasteiger partial charge in [0.1, 0.15) is 5.75 Å². The summed E-state index contributed by atoms with van der Waals surface area (Å²) >= 11 is 3.42. The highest BCUT2D eigenvalue weighted by Gasteiger charge is 2.06. The van der Waals surface area contributed by atoms with Crippen molar-refractivity contribution in [2.24, 2.45) is 0 Å². The first kappa shape index (κ1) is 14.8. The molecule has 0 aliphatic rings. The van der Waals surface area contributed by atoms with Crippen LogP contribution >= 0.6 is 15.9 Å². The first-order valence-electron chi connectivity index (χ1n) is 5.80. The number of rotatable bonds is 4. The Kier molecular flexibility index (Phi) is 4.30. The van der Waals surface area contributed by atoms with E-state index >= 15 is 0 Å². The van der Waals surface area contributed by atoms with Crippen molar-refractivity contribution in [2.45, 2.75) is 0 Å². The second-order valence-corrected chi connectivity index (χ2v) is 6.79. The molecule has 104 valence electrons. The molecule has 0 unspecified atom stereocenters. The van der Waals surface area contributed by atoms with Crippen molar-refractivity contribution in [3.8, 4) is 5.75 Å². The Morgan fingerprint density at radius 2 is 1.75 bits per heavy atom.